The molecule has 0 saturated carbocycles. The number of methoxy groups -OCH3 is 1. The van der Waals surface area contributed by atoms with Crippen LogP contribution in [0, 0.1) is 0 Å². The zero-order valence-corrected chi connectivity index (χ0v) is 21.5. The number of hydrogen-bond acceptors (Lipinski definition) is 5. The highest BCUT2D eigenvalue weighted by atomic mass is 32.1. The quantitative estimate of drug-likeness (QED) is 0.476. The summed E-state index contributed by atoms with van der Waals surface area (Å²) in [6.07, 6.45) is 1.50. The van der Waals surface area contributed by atoms with Crippen LogP contribution in [-0.4, -0.2) is 68.2 Å². The number of rotatable bonds is 11. The summed E-state index contributed by atoms with van der Waals surface area (Å²) < 4.78 is 11.3. The van der Waals surface area contributed by atoms with E-state index in [1.54, 1.807) is 23.3 Å². The van der Waals surface area contributed by atoms with Gasteiger partial charge < -0.3 is 24.6 Å². The van der Waals surface area contributed by atoms with Crippen LogP contribution in [0.15, 0.2) is 35.7 Å². The third kappa shape index (κ3) is 6.73. The van der Waals surface area contributed by atoms with Crippen LogP contribution in [-0.2, 0) is 16.0 Å². The van der Waals surface area contributed by atoms with E-state index in [4.69, 9.17) is 9.47 Å². The van der Waals surface area contributed by atoms with Crippen LogP contribution in [0.3, 0.4) is 0 Å². The normalized spacial score (nSPS) is 15.2. The average Bonchev–Trinajstić information content (AvgIpc) is 3.31. The zero-order chi connectivity index (χ0) is 24.5. The first kappa shape index (κ1) is 26.0. The van der Waals surface area contributed by atoms with Gasteiger partial charge in [0, 0.05) is 38.2 Å². The van der Waals surface area contributed by atoms with Gasteiger partial charge in [0.1, 0.15) is 18.9 Å². The molecule has 3 rings (SSSR count). The molecule has 1 aliphatic heterocycles. The van der Waals surface area contributed by atoms with Gasteiger partial charge in [-0.05, 0) is 60.4 Å². The third-order valence-corrected chi connectivity index (χ3v) is 7.08. The molecule has 1 unspecified atom stereocenters. The van der Waals surface area contributed by atoms with Crippen LogP contribution in [0.1, 0.15) is 55.2 Å². The highest BCUT2D eigenvalue weighted by Crippen LogP contribution is 2.34. The van der Waals surface area contributed by atoms with E-state index in [1.807, 2.05) is 24.0 Å². The first-order valence-corrected chi connectivity index (χ1v) is 12.9. The fourth-order valence-electron chi connectivity index (χ4n) is 4.17. The molecular weight excluding hydrogens is 450 g/mol. The average molecular weight is 488 g/mol. The fraction of sp³-hybridized carbons (Fsp3) is 0.538. The summed E-state index contributed by atoms with van der Waals surface area (Å²) in [5, 5.41) is 4.89. The predicted molar refractivity (Wildman–Crippen MR) is 136 cm³/mol. The second-order valence-corrected chi connectivity index (χ2v) is 9.79. The number of thiophene rings is 1. The van der Waals surface area contributed by atoms with Crippen molar-refractivity contribution in [3.05, 3.63) is 51.7 Å². The summed E-state index contributed by atoms with van der Waals surface area (Å²) in [5.74, 6) is 1.19. The smallest absolute Gasteiger partial charge is 0.317 e. The molecule has 0 aliphatic carbocycles. The van der Waals surface area contributed by atoms with E-state index in [9.17, 15) is 9.59 Å². The highest BCUT2D eigenvalue weighted by molar-refractivity contribution is 7.10. The molecule has 2 aromatic rings. The Balaban J connectivity index is 1.72. The van der Waals surface area contributed by atoms with Crippen LogP contribution in [0.25, 0.3) is 0 Å². The van der Waals surface area contributed by atoms with Crippen LogP contribution in [0.2, 0.25) is 0 Å². The van der Waals surface area contributed by atoms with Crippen LogP contribution < -0.4 is 10.1 Å². The van der Waals surface area contributed by atoms with Crippen molar-refractivity contribution in [1.29, 1.82) is 0 Å². The number of ether oxygens (including phenoxy) is 2. The number of urea groups is 1. The first-order valence-electron chi connectivity index (χ1n) is 12.0. The van der Waals surface area contributed by atoms with E-state index >= 15 is 0 Å². The molecule has 1 aromatic heterocycles. The Kier molecular flexibility index (Phi) is 9.77. The van der Waals surface area contributed by atoms with E-state index in [-0.39, 0.29) is 24.5 Å². The maximum atomic E-state index is 13.4. The standard InChI is InChI=1S/C26H37N3O4S/c1-5-27-26(31)28(13-6-15-32-4)17-25(30)29-14-11-24-22(12-16-34-24)23(29)18-33-21-9-7-20(8-10-21)19(2)3/h7-10,12,16,19,23H,5-6,11,13-15,17-18H2,1-4H3,(H,27,31). The van der Waals surface area contributed by atoms with E-state index in [0.29, 0.717) is 45.2 Å². The van der Waals surface area contributed by atoms with Gasteiger partial charge in [-0.15, -0.1) is 11.3 Å². The van der Waals surface area contributed by atoms with Gasteiger partial charge >= 0.3 is 6.03 Å². The molecule has 0 saturated heterocycles. The molecule has 3 amide bonds. The second-order valence-electron chi connectivity index (χ2n) is 8.79. The molecule has 1 aliphatic rings. The van der Waals surface area contributed by atoms with Gasteiger partial charge in [-0.3, -0.25) is 4.79 Å². The van der Waals surface area contributed by atoms with Crippen molar-refractivity contribution in [2.75, 3.05) is 46.5 Å². The molecule has 1 aromatic carbocycles. The highest BCUT2D eigenvalue weighted by Gasteiger charge is 2.33. The Morgan fingerprint density at radius 3 is 2.68 bits per heavy atom. The minimum Gasteiger partial charge on any atom is -0.491 e. The summed E-state index contributed by atoms with van der Waals surface area (Å²) in [6.45, 7) is 8.75. The number of carbonyl (C=O) groups excluding carboxylic acids is 2. The van der Waals surface area contributed by atoms with Gasteiger partial charge in [-0.25, -0.2) is 4.79 Å². The second kappa shape index (κ2) is 12.8. The van der Waals surface area contributed by atoms with Gasteiger partial charge in [0.25, 0.3) is 0 Å². The largest absolute Gasteiger partial charge is 0.491 e. The third-order valence-electron chi connectivity index (χ3n) is 6.09. The van der Waals surface area contributed by atoms with Crippen molar-refractivity contribution in [2.45, 2.75) is 45.6 Å². The molecule has 1 N–H and O–H groups in total. The number of fused-ring (bicyclic) bond motifs is 1. The van der Waals surface area contributed by atoms with Gasteiger partial charge in [0.2, 0.25) is 5.91 Å². The topological polar surface area (TPSA) is 71.1 Å². The number of hydrogen-bond donors (Lipinski definition) is 1. The van der Waals surface area contributed by atoms with E-state index < -0.39 is 0 Å². The number of benzene rings is 1. The molecular formula is C26H37N3O4S. The number of nitrogens with zero attached hydrogens (tertiary/aromatic N) is 2. The monoisotopic (exact) mass is 487 g/mol. The maximum absolute atomic E-state index is 13.4. The molecule has 186 valence electrons. The Morgan fingerprint density at radius 2 is 2.00 bits per heavy atom. The molecule has 7 nitrogen and oxygen atoms in total. The Hall–Kier alpha value is -2.58. The summed E-state index contributed by atoms with van der Waals surface area (Å²) >= 11 is 1.73. The lowest BCUT2D eigenvalue weighted by Crippen LogP contribution is -2.50. The fourth-order valence-corrected chi connectivity index (χ4v) is 5.10. The van der Waals surface area contributed by atoms with E-state index in [0.717, 1.165) is 17.7 Å². The zero-order valence-electron chi connectivity index (χ0n) is 20.7. The van der Waals surface area contributed by atoms with Crippen molar-refractivity contribution in [2.24, 2.45) is 0 Å². The van der Waals surface area contributed by atoms with Crippen LogP contribution in [0.4, 0.5) is 4.79 Å². The van der Waals surface area contributed by atoms with Crippen molar-refractivity contribution < 1.29 is 19.1 Å². The number of carbonyl (C=O) groups is 2. The lowest BCUT2D eigenvalue weighted by molar-refractivity contribution is -0.135. The van der Waals surface area contributed by atoms with Crippen LogP contribution in [0.5, 0.6) is 5.75 Å². The Bertz CT molecular complexity index is 928. The van der Waals surface area contributed by atoms with Crippen LogP contribution >= 0.6 is 11.3 Å². The van der Waals surface area contributed by atoms with Crippen molar-refractivity contribution in [3.63, 3.8) is 0 Å². The first-order chi connectivity index (χ1) is 16.4. The van der Waals surface area contributed by atoms with Crippen molar-refractivity contribution in [1.82, 2.24) is 15.1 Å². The molecule has 1 atom stereocenters. The molecule has 8 heteroatoms. The molecule has 34 heavy (non-hydrogen) atoms. The SMILES string of the molecule is CCNC(=O)N(CCCOC)CC(=O)N1CCc2sccc2C1COc1ccc(C(C)C)cc1. The Labute approximate surface area is 207 Å². The molecule has 0 spiro atoms. The Morgan fingerprint density at radius 1 is 1.24 bits per heavy atom. The number of nitrogens with one attached hydrogen (secondary N) is 1. The summed E-state index contributed by atoms with van der Waals surface area (Å²) in [7, 11) is 1.63. The van der Waals surface area contributed by atoms with E-state index in [1.165, 1.54) is 10.4 Å². The molecule has 2 heterocycles. The minimum atomic E-state index is -0.224. The summed E-state index contributed by atoms with van der Waals surface area (Å²) in [4.78, 5) is 30.8. The molecule has 0 radical (unpaired) electrons. The van der Waals surface area contributed by atoms with Crippen molar-refractivity contribution >= 4 is 23.3 Å². The lowest BCUT2D eigenvalue weighted by atomic mass is 10.00. The van der Waals surface area contributed by atoms with E-state index in [2.05, 4.69) is 42.7 Å². The van der Waals surface area contributed by atoms with Gasteiger partial charge in [0.05, 0.1) is 6.04 Å². The minimum absolute atomic E-state index is 0.0363. The van der Waals surface area contributed by atoms with Gasteiger partial charge in [-0.1, -0.05) is 26.0 Å². The molecule has 0 fully saturated rings. The van der Waals surface area contributed by atoms with Crippen molar-refractivity contribution in [3.8, 4) is 5.75 Å². The summed E-state index contributed by atoms with van der Waals surface area (Å²) in [6, 6.07) is 9.85. The maximum Gasteiger partial charge on any atom is 0.317 e. The summed E-state index contributed by atoms with van der Waals surface area (Å²) in [5.41, 5.74) is 2.41. The predicted octanol–water partition coefficient (Wildman–Crippen LogP) is 4.44. The van der Waals surface area contributed by atoms with Gasteiger partial charge in [-0.2, -0.15) is 0 Å². The number of amides is 3. The lowest BCUT2D eigenvalue weighted by Gasteiger charge is -2.37. The molecule has 0 bridgehead atoms. The van der Waals surface area contributed by atoms with Gasteiger partial charge in [0.15, 0.2) is 0 Å².